The molecular formula is C29H19ClN2. The summed E-state index contributed by atoms with van der Waals surface area (Å²) in [5.41, 5.74) is 11.9. The van der Waals surface area contributed by atoms with Crippen molar-refractivity contribution in [2.45, 2.75) is 0 Å². The molecule has 5 aromatic carbocycles. The first-order chi connectivity index (χ1) is 15.7. The predicted molar refractivity (Wildman–Crippen MR) is 137 cm³/mol. The van der Waals surface area contributed by atoms with Gasteiger partial charge in [0.25, 0.3) is 0 Å². The molecule has 0 aliphatic heterocycles. The topological polar surface area (TPSA) is 38.9 Å². The predicted octanol–water partition coefficient (Wildman–Crippen LogP) is 8.11. The molecule has 0 saturated heterocycles. The Balaban J connectivity index is 1.53. The van der Waals surface area contributed by atoms with Gasteiger partial charge in [0.15, 0.2) is 0 Å². The van der Waals surface area contributed by atoms with Crippen molar-refractivity contribution >= 4 is 49.7 Å². The Kier molecular flexibility index (Phi) is 4.34. The molecule has 1 heterocycles. The SMILES string of the molecule is Nc1ccc(Cl)cc1-c1ccc2nc(-c3cc4ccccc4c4ccccc34)ccc2c1. The zero-order valence-electron chi connectivity index (χ0n) is 17.2. The Bertz CT molecular complexity index is 1650. The van der Waals surface area contributed by atoms with Crippen LogP contribution in [0.5, 0.6) is 0 Å². The molecule has 0 fully saturated rings. The molecule has 6 rings (SSSR count). The Hall–Kier alpha value is -3.88. The Labute approximate surface area is 190 Å². The molecule has 0 aliphatic carbocycles. The standard InChI is InChI=1S/C29H19ClN2/c30-21-11-12-27(31)25(17-21)19-9-13-28-20(15-19)10-14-29(32-28)26-16-18-5-1-2-6-22(18)23-7-3-4-8-24(23)26/h1-17H,31H2. The van der Waals surface area contributed by atoms with E-state index in [-0.39, 0.29) is 0 Å². The molecule has 3 heteroatoms. The van der Waals surface area contributed by atoms with Gasteiger partial charge in [-0.2, -0.15) is 0 Å². The molecule has 0 bridgehead atoms. The minimum atomic E-state index is 0.672. The van der Waals surface area contributed by atoms with E-state index in [9.17, 15) is 0 Å². The minimum absolute atomic E-state index is 0.672. The van der Waals surface area contributed by atoms with Crippen molar-refractivity contribution in [3.8, 4) is 22.4 Å². The van der Waals surface area contributed by atoms with Crippen LogP contribution >= 0.6 is 11.6 Å². The first-order valence-electron chi connectivity index (χ1n) is 10.5. The average Bonchev–Trinajstić information content (AvgIpc) is 2.84. The fourth-order valence-corrected chi connectivity index (χ4v) is 4.66. The van der Waals surface area contributed by atoms with Crippen LogP contribution < -0.4 is 5.73 Å². The summed E-state index contributed by atoms with van der Waals surface area (Å²) in [5, 5.41) is 6.67. The molecule has 2 N–H and O–H groups in total. The maximum atomic E-state index is 6.19. The van der Waals surface area contributed by atoms with Gasteiger partial charge >= 0.3 is 0 Å². The Morgan fingerprint density at radius 2 is 1.38 bits per heavy atom. The highest BCUT2D eigenvalue weighted by Crippen LogP contribution is 2.36. The first-order valence-corrected chi connectivity index (χ1v) is 10.9. The molecule has 0 atom stereocenters. The fourth-order valence-electron chi connectivity index (χ4n) is 4.49. The number of hydrogen-bond acceptors (Lipinski definition) is 2. The largest absolute Gasteiger partial charge is 0.398 e. The van der Waals surface area contributed by atoms with Gasteiger partial charge in [-0.25, -0.2) is 4.98 Å². The van der Waals surface area contributed by atoms with Crippen molar-refractivity contribution in [3.63, 3.8) is 0 Å². The lowest BCUT2D eigenvalue weighted by atomic mass is 9.95. The molecular weight excluding hydrogens is 412 g/mol. The van der Waals surface area contributed by atoms with Crippen LogP contribution in [-0.2, 0) is 0 Å². The van der Waals surface area contributed by atoms with E-state index in [0.29, 0.717) is 10.7 Å². The minimum Gasteiger partial charge on any atom is -0.398 e. The van der Waals surface area contributed by atoms with Crippen LogP contribution in [0.15, 0.2) is 103 Å². The maximum absolute atomic E-state index is 6.19. The van der Waals surface area contributed by atoms with E-state index >= 15 is 0 Å². The fraction of sp³-hybridized carbons (Fsp3) is 0. The summed E-state index contributed by atoms with van der Waals surface area (Å²) >= 11 is 6.19. The molecule has 152 valence electrons. The van der Waals surface area contributed by atoms with E-state index in [1.54, 1.807) is 0 Å². The Morgan fingerprint density at radius 1 is 0.594 bits per heavy atom. The van der Waals surface area contributed by atoms with Gasteiger partial charge in [-0.15, -0.1) is 0 Å². The number of nitrogens with zero attached hydrogens (tertiary/aromatic N) is 1. The third kappa shape index (κ3) is 3.08. The van der Waals surface area contributed by atoms with E-state index < -0.39 is 0 Å². The second-order valence-corrected chi connectivity index (χ2v) is 8.46. The highest BCUT2D eigenvalue weighted by molar-refractivity contribution is 6.31. The number of anilines is 1. The van der Waals surface area contributed by atoms with Crippen molar-refractivity contribution in [2.75, 3.05) is 5.73 Å². The lowest BCUT2D eigenvalue weighted by molar-refractivity contribution is 1.41. The van der Waals surface area contributed by atoms with Gasteiger partial charge in [0.1, 0.15) is 0 Å². The number of rotatable bonds is 2. The van der Waals surface area contributed by atoms with E-state index in [0.717, 1.165) is 33.3 Å². The normalized spacial score (nSPS) is 11.4. The summed E-state index contributed by atoms with van der Waals surface area (Å²) < 4.78 is 0. The number of pyridine rings is 1. The van der Waals surface area contributed by atoms with E-state index in [1.165, 1.54) is 21.5 Å². The number of nitrogen functional groups attached to an aromatic ring is 1. The van der Waals surface area contributed by atoms with Crippen LogP contribution in [0.25, 0.3) is 54.8 Å². The van der Waals surface area contributed by atoms with Gasteiger partial charge in [0.05, 0.1) is 11.2 Å². The number of benzene rings is 5. The van der Waals surface area contributed by atoms with Gasteiger partial charge in [-0.05, 0) is 69.6 Å². The average molecular weight is 431 g/mol. The third-order valence-electron chi connectivity index (χ3n) is 6.06. The lowest BCUT2D eigenvalue weighted by Gasteiger charge is -2.12. The van der Waals surface area contributed by atoms with E-state index in [4.69, 9.17) is 22.3 Å². The molecule has 2 nitrogen and oxygen atoms in total. The van der Waals surface area contributed by atoms with Gasteiger partial charge < -0.3 is 5.73 Å². The molecule has 0 radical (unpaired) electrons. The number of nitrogens with two attached hydrogens (primary N) is 1. The van der Waals surface area contributed by atoms with Crippen LogP contribution in [0.4, 0.5) is 5.69 Å². The molecule has 1 aromatic heterocycles. The van der Waals surface area contributed by atoms with E-state index in [2.05, 4.69) is 84.9 Å². The summed E-state index contributed by atoms with van der Waals surface area (Å²) in [4.78, 5) is 5.02. The van der Waals surface area contributed by atoms with Gasteiger partial charge in [-0.1, -0.05) is 72.3 Å². The first kappa shape index (κ1) is 18.9. The van der Waals surface area contributed by atoms with Crippen LogP contribution in [0.2, 0.25) is 5.02 Å². The summed E-state index contributed by atoms with van der Waals surface area (Å²) in [5.74, 6) is 0. The van der Waals surface area contributed by atoms with E-state index in [1.807, 2.05) is 18.2 Å². The summed E-state index contributed by atoms with van der Waals surface area (Å²) in [6.45, 7) is 0. The monoisotopic (exact) mass is 430 g/mol. The van der Waals surface area contributed by atoms with Crippen molar-refractivity contribution in [1.29, 1.82) is 0 Å². The van der Waals surface area contributed by atoms with Crippen LogP contribution in [0.3, 0.4) is 0 Å². The third-order valence-corrected chi connectivity index (χ3v) is 6.29. The van der Waals surface area contributed by atoms with Gasteiger partial charge in [0.2, 0.25) is 0 Å². The molecule has 0 unspecified atom stereocenters. The summed E-state index contributed by atoms with van der Waals surface area (Å²) in [6.07, 6.45) is 0. The molecule has 0 amide bonds. The van der Waals surface area contributed by atoms with Crippen molar-refractivity contribution < 1.29 is 0 Å². The van der Waals surface area contributed by atoms with Crippen LogP contribution in [0.1, 0.15) is 0 Å². The van der Waals surface area contributed by atoms with Crippen LogP contribution in [0, 0.1) is 0 Å². The number of halogens is 1. The molecule has 6 aromatic rings. The summed E-state index contributed by atoms with van der Waals surface area (Å²) in [6, 6.07) is 35.3. The Morgan fingerprint density at radius 3 is 2.25 bits per heavy atom. The van der Waals surface area contributed by atoms with Crippen LogP contribution in [-0.4, -0.2) is 4.98 Å². The number of aromatic nitrogens is 1. The molecule has 32 heavy (non-hydrogen) atoms. The zero-order chi connectivity index (χ0) is 21.7. The number of fused-ring (bicyclic) bond motifs is 4. The molecule has 0 spiro atoms. The second kappa shape index (κ2) is 7.37. The highest BCUT2D eigenvalue weighted by atomic mass is 35.5. The maximum Gasteiger partial charge on any atom is 0.0716 e. The number of hydrogen-bond donors (Lipinski definition) is 1. The molecule has 0 saturated carbocycles. The lowest BCUT2D eigenvalue weighted by Crippen LogP contribution is -1.91. The summed E-state index contributed by atoms with van der Waals surface area (Å²) in [7, 11) is 0. The van der Waals surface area contributed by atoms with Gasteiger partial charge in [-0.3, -0.25) is 0 Å². The van der Waals surface area contributed by atoms with Crippen molar-refractivity contribution in [1.82, 2.24) is 4.98 Å². The molecule has 0 aliphatic rings. The zero-order valence-corrected chi connectivity index (χ0v) is 18.0. The highest BCUT2D eigenvalue weighted by Gasteiger charge is 2.11. The van der Waals surface area contributed by atoms with Gasteiger partial charge in [0, 0.05) is 27.2 Å². The van der Waals surface area contributed by atoms with Crippen molar-refractivity contribution in [2.24, 2.45) is 0 Å². The van der Waals surface area contributed by atoms with Crippen molar-refractivity contribution in [3.05, 3.63) is 108 Å². The quantitative estimate of drug-likeness (QED) is 0.222. The smallest absolute Gasteiger partial charge is 0.0716 e. The second-order valence-electron chi connectivity index (χ2n) is 8.03.